The number of methoxy groups -OCH3 is 1. The molecule has 0 bridgehead atoms. The van der Waals surface area contributed by atoms with E-state index in [0.29, 0.717) is 37.3 Å². The van der Waals surface area contributed by atoms with Crippen molar-refractivity contribution in [3.63, 3.8) is 0 Å². The molecule has 2 aromatic carbocycles. The maximum atomic E-state index is 13.2. The lowest BCUT2D eigenvalue weighted by Crippen LogP contribution is -2.49. The van der Waals surface area contributed by atoms with Crippen molar-refractivity contribution in [2.45, 2.75) is 37.5 Å². The van der Waals surface area contributed by atoms with Crippen LogP contribution in [0, 0.1) is 6.92 Å². The molecule has 184 valence electrons. The summed E-state index contributed by atoms with van der Waals surface area (Å²) in [5.74, 6) is 0.767. The highest BCUT2D eigenvalue weighted by Gasteiger charge is 2.29. The van der Waals surface area contributed by atoms with Crippen LogP contribution in [0.5, 0.6) is 5.75 Å². The Morgan fingerprint density at radius 3 is 2.24 bits per heavy atom. The van der Waals surface area contributed by atoms with Crippen molar-refractivity contribution in [1.82, 2.24) is 14.1 Å². The Morgan fingerprint density at radius 2 is 1.59 bits per heavy atom. The third-order valence-electron chi connectivity index (χ3n) is 6.90. The predicted octanol–water partition coefficient (Wildman–Crippen LogP) is 3.18. The number of sulfonamides is 1. The highest BCUT2D eigenvalue weighted by Crippen LogP contribution is 2.25. The largest absolute Gasteiger partial charge is 0.497 e. The molecular formula is C26H35N3O4S. The number of ether oxygens (including phenoxy) is 1. The molecule has 0 atom stereocenters. The van der Waals surface area contributed by atoms with Gasteiger partial charge in [-0.05, 0) is 61.6 Å². The van der Waals surface area contributed by atoms with Crippen molar-refractivity contribution >= 4 is 15.9 Å². The van der Waals surface area contributed by atoms with E-state index in [0.717, 1.165) is 51.1 Å². The van der Waals surface area contributed by atoms with Crippen LogP contribution >= 0.6 is 0 Å². The molecule has 2 aliphatic rings. The van der Waals surface area contributed by atoms with Crippen LogP contribution in [0.1, 0.15) is 40.7 Å². The van der Waals surface area contributed by atoms with Crippen molar-refractivity contribution in [3.8, 4) is 5.75 Å². The second-order valence-corrected chi connectivity index (χ2v) is 11.1. The summed E-state index contributed by atoms with van der Waals surface area (Å²) in [5, 5.41) is 0. The zero-order chi connectivity index (χ0) is 24.1. The smallest absolute Gasteiger partial charge is 0.253 e. The van der Waals surface area contributed by atoms with E-state index < -0.39 is 10.0 Å². The van der Waals surface area contributed by atoms with E-state index >= 15 is 0 Å². The molecule has 0 saturated carbocycles. The average Bonchev–Trinajstić information content (AvgIpc) is 2.88. The fourth-order valence-corrected chi connectivity index (χ4v) is 6.46. The highest BCUT2D eigenvalue weighted by molar-refractivity contribution is 7.89. The van der Waals surface area contributed by atoms with Crippen LogP contribution in [0.2, 0.25) is 0 Å². The number of carbonyl (C=O) groups is 1. The fourth-order valence-electron chi connectivity index (χ4n) is 4.69. The van der Waals surface area contributed by atoms with Gasteiger partial charge in [-0.15, -0.1) is 0 Å². The van der Waals surface area contributed by atoms with Gasteiger partial charge in [-0.1, -0.05) is 24.6 Å². The number of carbonyl (C=O) groups excluding carboxylic acids is 1. The van der Waals surface area contributed by atoms with Gasteiger partial charge in [0.2, 0.25) is 10.0 Å². The Morgan fingerprint density at radius 1 is 0.912 bits per heavy atom. The van der Waals surface area contributed by atoms with Crippen LogP contribution in [0.25, 0.3) is 0 Å². The monoisotopic (exact) mass is 485 g/mol. The zero-order valence-electron chi connectivity index (χ0n) is 20.2. The first-order valence-electron chi connectivity index (χ1n) is 12.1. The molecule has 2 aromatic rings. The van der Waals surface area contributed by atoms with E-state index in [1.165, 1.54) is 5.56 Å². The van der Waals surface area contributed by atoms with Crippen LogP contribution in [0.4, 0.5) is 0 Å². The summed E-state index contributed by atoms with van der Waals surface area (Å²) < 4.78 is 33.2. The van der Waals surface area contributed by atoms with Gasteiger partial charge in [0.05, 0.1) is 12.0 Å². The minimum atomic E-state index is -3.58. The van der Waals surface area contributed by atoms with Gasteiger partial charge >= 0.3 is 0 Å². The summed E-state index contributed by atoms with van der Waals surface area (Å²) in [4.78, 5) is 17.7. The normalized spacial score (nSPS) is 18.1. The summed E-state index contributed by atoms with van der Waals surface area (Å²) in [5.41, 5.74) is 2.40. The molecule has 0 aromatic heterocycles. The standard InChI is InChI=1S/C26H35N3O4S/c1-21-6-9-23(20-25(21)34(31,32)29-13-4-3-5-14-29)26(30)28-18-16-27(17-19-28)15-12-22-7-10-24(33-2)11-8-22/h6-11,20H,3-5,12-19H2,1-2H3. The number of benzene rings is 2. The Labute approximate surface area is 203 Å². The first-order chi connectivity index (χ1) is 16.4. The molecule has 1 amide bonds. The predicted molar refractivity (Wildman–Crippen MR) is 133 cm³/mol. The Hall–Kier alpha value is -2.42. The number of piperidine rings is 1. The molecule has 2 fully saturated rings. The zero-order valence-corrected chi connectivity index (χ0v) is 21.0. The van der Waals surface area contributed by atoms with Gasteiger partial charge in [-0.25, -0.2) is 8.42 Å². The molecular weight excluding hydrogens is 450 g/mol. The number of piperazine rings is 1. The lowest BCUT2D eigenvalue weighted by Gasteiger charge is -2.35. The summed E-state index contributed by atoms with van der Waals surface area (Å²) in [6.45, 7) is 6.76. The van der Waals surface area contributed by atoms with Gasteiger partial charge in [0.15, 0.2) is 0 Å². The summed E-state index contributed by atoms with van der Waals surface area (Å²) in [7, 11) is -1.91. The molecule has 2 saturated heterocycles. The molecule has 0 spiro atoms. The number of aryl methyl sites for hydroxylation is 1. The van der Waals surface area contributed by atoms with Gasteiger partial charge in [-0.3, -0.25) is 9.69 Å². The second-order valence-electron chi connectivity index (χ2n) is 9.18. The number of nitrogens with zero attached hydrogens (tertiary/aromatic N) is 3. The number of hydrogen-bond donors (Lipinski definition) is 0. The third-order valence-corrected chi connectivity index (χ3v) is 8.94. The topological polar surface area (TPSA) is 70.2 Å². The lowest BCUT2D eigenvalue weighted by molar-refractivity contribution is 0.0638. The quantitative estimate of drug-likeness (QED) is 0.603. The fraction of sp³-hybridized carbons (Fsp3) is 0.500. The van der Waals surface area contributed by atoms with E-state index in [-0.39, 0.29) is 10.8 Å². The Balaban J connectivity index is 1.36. The molecule has 4 rings (SSSR count). The molecule has 2 aliphatic heterocycles. The van der Waals surface area contributed by atoms with E-state index in [9.17, 15) is 13.2 Å². The highest BCUT2D eigenvalue weighted by atomic mass is 32.2. The summed E-state index contributed by atoms with van der Waals surface area (Å²) in [6, 6.07) is 13.2. The van der Waals surface area contributed by atoms with Crippen molar-refractivity contribution in [2.75, 3.05) is 52.9 Å². The van der Waals surface area contributed by atoms with Crippen LogP contribution in [0.3, 0.4) is 0 Å². The third kappa shape index (κ3) is 5.62. The van der Waals surface area contributed by atoms with Gasteiger partial charge in [0, 0.05) is 51.4 Å². The summed E-state index contributed by atoms with van der Waals surface area (Å²) in [6.07, 6.45) is 3.79. The maximum Gasteiger partial charge on any atom is 0.253 e. The van der Waals surface area contributed by atoms with Crippen molar-refractivity contribution in [3.05, 3.63) is 59.2 Å². The molecule has 7 nitrogen and oxygen atoms in total. The van der Waals surface area contributed by atoms with Crippen LogP contribution in [-0.2, 0) is 16.4 Å². The second kappa shape index (κ2) is 10.9. The molecule has 0 aliphatic carbocycles. The van der Waals surface area contributed by atoms with E-state index in [1.54, 1.807) is 36.5 Å². The van der Waals surface area contributed by atoms with E-state index in [4.69, 9.17) is 4.74 Å². The van der Waals surface area contributed by atoms with Crippen LogP contribution in [-0.4, -0.2) is 81.4 Å². The lowest BCUT2D eigenvalue weighted by atomic mass is 10.1. The number of rotatable bonds is 7. The van der Waals surface area contributed by atoms with E-state index in [1.807, 2.05) is 17.0 Å². The molecule has 0 radical (unpaired) electrons. The first-order valence-corrected chi connectivity index (χ1v) is 13.6. The first kappa shape index (κ1) is 24.7. The SMILES string of the molecule is COc1ccc(CCN2CCN(C(=O)c3ccc(C)c(S(=O)(=O)N4CCCCC4)c3)CC2)cc1. The minimum Gasteiger partial charge on any atom is -0.497 e. The summed E-state index contributed by atoms with van der Waals surface area (Å²) >= 11 is 0. The molecule has 8 heteroatoms. The molecule has 2 heterocycles. The molecule has 0 unspecified atom stereocenters. The van der Waals surface area contributed by atoms with Crippen LogP contribution < -0.4 is 4.74 Å². The van der Waals surface area contributed by atoms with Crippen molar-refractivity contribution in [2.24, 2.45) is 0 Å². The van der Waals surface area contributed by atoms with Crippen LogP contribution in [0.15, 0.2) is 47.4 Å². The molecule has 0 N–H and O–H groups in total. The maximum absolute atomic E-state index is 13.2. The Bertz CT molecular complexity index is 1090. The number of amides is 1. The molecule has 34 heavy (non-hydrogen) atoms. The Kier molecular flexibility index (Phi) is 7.91. The van der Waals surface area contributed by atoms with E-state index in [2.05, 4.69) is 17.0 Å². The number of hydrogen-bond acceptors (Lipinski definition) is 5. The van der Waals surface area contributed by atoms with Crippen molar-refractivity contribution in [1.29, 1.82) is 0 Å². The van der Waals surface area contributed by atoms with Gasteiger partial charge in [0.25, 0.3) is 5.91 Å². The average molecular weight is 486 g/mol. The van der Waals surface area contributed by atoms with Gasteiger partial charge < -0.3 is 9.64 Å². The van der Waals surface area contributed by atoms with Gasteiger partial charge in [-0.2, -0.15) is 4.31 Å². The van der Waals surface area contributed by atoms with Gasteiger partial charge in [0.1, 0.15) is 5.75 Å². The minimum absolute atomic E-state index is 0.0927. The van der Waals surface area contributed by atoms with Crippen molar-refractivity contribution < 1.29 is 17.9 Å².